The minimum Gasteiger partial charge on any atom is -0.457 e. The molecule has 0 bridgehead atoms. The SMILES string of the molecule is CCCCCCC/C=C\C/C=C\CCCCCCCCCCCCCCCCOCC(COC1OC(COC2OC(CO)C(O)C(O)C2O)C(O)C(O)C1O)OC(=O)CCCCCCCCCCCCCCCCCCCC. The summed E-state index contributed by atoms with van der Waals surface area (Å²) in [4.78, 5) is 13.1. The highest BCUT2D eigenvalue weighted by Crippen LogP contribution is 2.27. The van der Waals surface area contributed by atoms with Gasteiger partial charge in [-0.1, -0.05) is 250 Å². The van der Waals surface area contributed by atoms with Gasteiger partial charge in [0.25, 0.3) is 0 Å². The first kappa shape index (κ1) is 72.6. The summed E-state index contributed by atoms with van der Waals surface area (Å²) in [5.74, 6) is -0.369. The third-order valence-corrected chi connectivity index (χ3v) is 15.7. The fourth-order valence-corrected chi connectivity index (χ4v) is 10.5. The summed E-state index contributed by atoms with van der Waals surface area (Å²) in [6.45, 7) is 3.74. The Balaban J connectivity index is 1.65. The first-order chi connectivity index (χ1) is 38.1. The lowest BCUT2D eigenvalue weighted by Crippen LogP contribution is -2.61. The number of carbonyl (C=O) groups excluding carboxylic acids is 1. The summed E-state index contributed by atoms with van der Waals surface area (Å²) in [5.41, 5.74) is 0. The van der Waals surface area contributed by atoms with Gasteiger partial charge in [0.15, 0.2) is 12.6 Å². The molecule has 7 N–H and O–H groups in total. The van der Waals surface area contributed by atoms with Crippen molar-refractivity contribution in [1.29, 1.82) is 0 Å². The molecular weight excluding hydrogens is 993 g/mol. The third-order valence-electron chi connectivity index (χ3n) is 15.7. The van der Waals surface area contributed by atoms with Crippen molar-refractivity contribution in [1.82, 2.24) is 0 Å². The van der Waals surface area contributed by atoms with Gasteiger partial charge in [0.2, 0.25) is 0 Å². The summed E-state index contributed by atoms with van der Waals surface area (Å²) in [6, 6.07) is 0. The van der Waals surface area contributed by atoms with E-state index < -0.39 is 80.7 Å². The van der Waals surface area contributed by atoms with Crippen LogP contribution in [-0.2, 0) is 33.2 Å². The van der Waals surface area contributed by atoms with Gasteiger partial charge in [0, 0.05) is 13.0 Å². The number of aliphatic hydroxyl groups excluding tert-OH is 7. The summed E-state index contributed by atoms with van der Waals surface area (Å²) in [5, 5.41) is 72.5. The minimum absolute atomic E-state index is 0.0668. The van der Waals surface area contributed by atoms with E-state index in [1.54, 1.807) is 0 Å². The summed E-state index contributed by atoms with van der Waals surface area (Å²) < 4.78 is 34.5. The number of ether oxygens (including phenoxy) is 6. The molecule has 2 saturated heterocycles. The summed E-state index contributed by atoms with van der Waals surface area (Å²) >= 11 is 0. The van der Waals surface area contributed by atoms with Gasteiger partial charge < -0.3 is 64.2 Å². The predicted molar refractivity (Wildman–Crippen MR) is 312 cm³/mol. The monoisotopic (exact) mass is 1110 g/mol. The Bertz CT molecular complexity index is 1380. The molecule has 0 aromatic rings. The molecule has 14 nitrogen and oxygen atoms in total. The van der Waals surface area contributed by atoms with Crippen LogP contribution in [0.25, 0.3) is 0 Å². The molecule has 78 heavy (non-hydrogen) atoms. The van der Waals surface area contributed by atoms with E-state index in [2.05, 4.69) is 38.2 Å². The number of allylic oxidation sites excluding steroid dienone is 4. The van der Waals surface area contributed by atoms with Gasteiger partial charge >= 0.3 is 5.97 Å². The molecule has 2 fully saturated rings. The van der Waals surface area contributed by atoms with Crippen molar-refractivity contribution in [3.05, 3.63) is 24.3 Å². The van der Waals surface area contributed by atoms with E-state index in [4.69, 9.17) is 28.4 Å². The lowest BCUT2D eigenvalue weighted by Gasteiger charge is -2.42. The van der Waals surface area contributed by atoms with Gasteiger partial charge in [0.1, 0.15) is 54.9 Å². The van der Waals surface area contributed by atoms with Crippen LogP contribution in [-0.4, -0.2) is 142 Å². The molecule has 460 valence electrons. The smallest absolute Gasteiger partial charge is 0.306 e. The summed E-state index contributed by atoms with van der Waals surface area (Å²) in [6.07, 6.45) is 43.9. The molecule has 0 radical (unpaired) electrons. The Morgan fingerprint density at radius 1 is 0.423 bits per heavy atom. The molecule has 2 aliphatic heterocycles. The van der Waals surface area contributed by atoms with Crippen LogP contribution in [0.2, 0.25) is 0 Å². The van der Waals surface area contributed by atoms with Gasteiger partial charge in [-0.25, -0.2) is 0 Å². The zero-order valence-corrected chi connectivity index (χ0v) is 49.7. The first-order valence-corrected chi connectivity index (χ1v) is 32.4. The quantitative estimate of drug-likeness (QED) is 0.0172. The van der Waals surface area contributed by atoms with E-state index in [9.17, 15) is 40.5 Å². The maximum Gasteiger partial charge on any atom is 0.306 e. The van der Waals surface area contributed by atoms with Crippen molar-refractivity contribution in [3.8, 4) is 0 Å². The second kappa shape index (κ2) is 51.1. The van der Waals surface area contributed by atoms with Crippen molar-refractivity contribution in [2.24, 2.45) is 0 Å². The normalized spacial score (nSPS) is 24.2. The molecule has 2 rings (SSSR count). The molecule has 0 spiro atoms. The van der Waals surface area contributed by atoms with E-state index in [1.165, 1.54) is 205 Å². The number of unbranched alkanes of at least 4 members (excludes halogenated alkanes) is 36. The number of rotatable bonds is 54. The molecule has 0 aliphatic carbocycles. The van der Waals surface area contributed by atoms with Crippen molar-refractivity contribution in [3.63, 3.8) is 0 Å². The molecule has 0 saturated carbocycles. The van der Waals surface area contributed by atoms with Crippen LogP contribution >= 0.6 is 0 Å². The lowest BCUT2D eigenvalue weighted by atomic mass is 9.98. The molecule has 11 atom stereocenters. The highest BCUT2D eigenvalue weighted by atomic mass is 16.7. The van der Waals surface area contributed by atoms with Gasteiger partial charge in [-0.15, -0.1) is 0 Å². The standard InChI is InChI=1S/C64H120O14/c1-3-5-7-9-11-13-15-17-19-21-23-24-25-26-27-28-29-30-32-34-36-38-40-42-44-46-48-73-50-53(76-56(66)47-45-43-41-39-37-35-33-31-22-20-18-16-14-12-10-8-6-4-2)51-74-63-62(72)60(70)58(68)55(78-63)52-75-64-61(71)59(69)57(67)54(49-65)77-64/h15,17,21,23,53-55,57-65,67-72H,3-14,16,18-20,22,24-52H2,1-2H3/b17-15-,23-21-. The predicted octanol–water partition coefficient (Wildman–Crippen LogP) is 12.7. The molecule has 2 heterocycles. The molecule has 0 aromatic heterocycles. The van der Waals surface area contributed by atoms with Crippen molar-refractivity contribution in [2.45, 2.75) is 345 Å². The van der Waals surface area contributed by atoms with Crippen molar-refractivity contribution < 1.29 is 69.0 Å². The van der Waals surface area contributed by atoms with Crippen LogP contribution in [0.1, 0.15) is 277 Å². The molecule has 0 aromatic carbocycles. The first-order valence-electron chi connectivity index (χ1n) is 32.4. The molecule has 0 amide bonds. The second-order valence-corrected chi connectivity index (χ2v) is 22.9. The topological polar surface area (TPSA) is 214 Å². The van der Waals surface area contributed by atoms with Crippen LogP contribution < -0.4 is 0 Å². The van der Waals surface area contributed by atoms with Crippen molar-refractivity contribution >= 4 is 5.97 Å². The van der Waals surface area contributed by atoms with Crippen LogP contribution in [0.15, 0.2) is 24.3 Å². The van der Waals surface area contributed by atoms with E-state index >= 15 is 0 Å². The molecular formula is C64H120O14. The Labute approximate surface area is 475 Å². The van der Waals surface area contributed by atoms with Crippen LogP contribution in [0.4, 0.5) is 0 Å². The lowest BCUT2D eigenvalue weighted by molar-refractivity contribution is -0.332. The van der Waals surface area contributed by atoms with E-state index in [0.717, 1.165) is 44.9 Å². The van der Waals surface area contributed by atoms with Crippen LogP contribution in [0, 0.1) is 0 Å². The number of hydrogen-bond donors (Lipinski definition) is 7. The number of aliphatic hydroxyl groups is 7. The van der Waals surface area contributed by atoms with Crippen molar-refractivity contribution in [2.75, 3.05) is 33.0 Å². The largest absolute Gasteiger partial charge is 0.457 e. The van der Waals surface area contributed by atoms with Gasteiger partial charge in [-0.2, -0.15) is 0 Å². The van der Waals surface area contributed by atoms with Crippen LogP contribution in [0.5, 0.6) is 0 Å². The maximum atomic E-state index is 13.1. The van der Waals surface area contributed by atoms with E-state index in [1.807, 2.05) is 0 Å². The fourth-order valence-electron chi connectivity index (χ4n) is 10.5. The van der Waals surface area contributed by atoms with Gasteiger partial charge in [-0.05, 0) is 44.9 Å². The van der Waals surface area contributed by atoms with E-state index in [0.29, 0.717) is 13.0 Å². The van der Waals surface area contributed by atoms with Gasteiger partial charge in [0.05, 0.1) is 26.4 Å². The van der Waals surface area contributed by atoms with E-state index in [-0.39, 0.29) is 25.6 Å². The zero-order valence-electron chi connectivity index (χ0n) is 49.7. The maximum absolute atomic E-state index is 13.1. The number of carbonyl (C=O) groups is 1. The average Bonchev–Trinajstić information content (AvgIpc) is 3.45. The second-order valence-electron chi connectivity index (χ2n) is 22.9. The third kappa shape index (κ3) is 36.8. The highest BCUT2D eigenvalue weighted by Gasteiger charge is 2.47. The highest BCUT2D eigenvalue weighted by molar-refractivity contribution is 5.69. The van der Waals surface area contributed by atoms with Crippen LogP contribution in [0.3, 0.4) is 0 Å². The number of hydrogen-bond acceptors (Lipinski definition) is 14. The fraction of sp³-hybridized carbons (Fsp3) is 0.922. The van der Waals surface area contributed by atoms with Gasteiger partial charge in [-0.3, -0.25) is 4.79 Å². The Morgan fingerprint density at radius 2 is 0.795 bits per heavy atom. The zero-order chi connectivity index (χ0) is 56.5. The Morgan fingerprint density at radius 3 is 1.23 bits per heavy atom. The molecule has 11 unspecified atom stereocenters. The number of esters is 1. The Kier molecular flexibility index (Phi) is 47.6. The Hall–Kier alpha value is -1.53. The summed E-state index contributed by atoms with van der Waals surface area (Å²) in [7, 11) is 0. The average molecular weight is 1110 g/mol. The minimum atomic E-state index is -1.70. The molecule has 14 heteroatoms. The molecule has 2 aliphatic rings.